The molecule has 0 aliphatic rings. The van der Waals surface area contributed by atoms with Crippen LogP contribution in [0, 0.1) is 0 Å². The molecule has 0 aliphatic carbocycles. The van der Waals surface area contributed by atoms with Crippen LogP contribution >= 0.6 is 0 Å². The van der Waals surface area contributed by atoms with Crippen LogP contribution in [0.15, 0.2) is 66.8 Å². The number of rotatable bonds is 18. The van der Waals surface area contributed by atoms with Crippen molar-refractivity contribution < 1.29 is 29.3 Å². The number of hydrogen-bond acceptors (Lipinski definition) is 5. The second kappa shape index (κ2) is 20.2. The molecule has 1 atom stereocenters. The van der Waals surface area contributed by atoms with Crippen LogP contribution in [0.3, 0.4) is 0 Å². The highest BCUT2D eigenvalue weighted by molar-refractivity contribution is 5.95. The van der Waals surface area contributed by atoms with E-state index in [4.69, 9.17) is 9.84 Å². The van der Waals surface area contributed by atoms with Crippen LogP contribution < -0.4 is 16.0 Å². The summed E-state index contributed by atoms with van der Waals surface area (Å²) in [5.41, 5.74) is -0.0999. The molecule has 1 aromatic carbocycles. The Morgan fingerprint density at radius 2 is 1.50 bits per heavy atom. The van der Waals surface area contributed by atoms with Gasteiger partial charge in [-0.15, -0.1) is 0 Å². The molecule has 5 N–H and O–H groups in total. The summed E-state index contributed by atoms with van der Waals surface area (Å²) in [7, 11) is 0. The number of allylic oxidation sites excluding steroid dienone is 7. The maximum atomic E-state index is 12.3. The molecule has 1 unspecified atom stereocenters. The Hall–Kier alpha value is -3.85. The van der Waals surface area contributed by atoms with Gasteiger partial charge < -0.3 is 30.9 Å². The van der Waals surface area contributed by atoms with Crippen molar-refractivity contribution in [3.63, 3.8) is 0 Å². The summed E-state index contributed by atoms with van der Waals surface area (Å²) in [6, 6.07) is 3.15. The van der Waals surface area contributed by atoms with Crippen LogP contribution in [0.4, 0.5) is 10.5 Å². The minimum absolute atomic E-state index is 0.166. The van der Waals surface area contributed by atoms with Gasteiger partial charge in [0.2, 0.25) is 5.91 Å². The number of phenols is 1. The average Bonchev–Trinajstić information content (AvgIpc) is 2.89. The molecule has 208 valence electrons. The monoisotopic (exact) mass is 527 g/mol. The lowest BCUT2D eigenvalue weighted by molar-refractivity contribution is -0.132. The number of aromatic hydroxyl groups is 1. The first-order valence-corrected chi connectivity index (χ1v) is 13.0. The fourth-order valence-electron chi connectivity index (χ4n) is 3.19. The number of aromatic carboxylic acids is 1. The molecule has 0 spiro atoms. The van der Waals surface area contributed by atoms with E-state index in [1.54, 1.807) is 0 Å². The summed E-state index contributed by atoms with van der Waals surface area (Å²) in [6.45, 7) is 4.80. The summed E-state index contributed by atoms with van der Waals surface area (Å²) in [5, 5.41) is 26.3. The number of amides is 3. The molecule has 0 saturated carbocycles. The normalized spacial score (nSPS) is 12.5. The summed E-state index contributed by atoms with van der Waals surface area (Å²) in [6.07, 6.45) is 21.5. The summed E-state index contributed by atoms with van der Waals surface area (Å²) in [5.74, 6) is -1.94. The number of urea groups is 1. The van der Waals surface area contributed by atoms with Gasteiger partial charge in [-0.1, -0.05) is 62.5 Å². The van der Waals surface area contributed by atoms with Gasteiger partial charge >= 0.3 is 12.0 Å². The van der Waals surface area contributed by atoms with E-state index in [-0.39, 0.29) is 30.2 Å². The van der Waals surface area contributed by atoms with Gasteiger partial charge in [0.05, 0.1) is 6.61 Å². The molecule has 9 heteroatoms. The highest BCUT2D eigenvalue weighted by Gasteiger charge is 2.16. The molecule has 38 heavy (non-hydrogen) atoms. The van der Waals surface area contributed by atoms with Crippen LogP contribution in [0.1, 0.15) is 62.7 Å². The molecule has 1 rings (SSSR count). The second-order valence-corrected chi connectivity index (χ2v) is 8.27. The van der Waals surface area contributed by atoms with Gasteiger partial charge in [-0.2, -0.15) is 0 Å². The Morgan fingerprint density at radius 3 is 2.11 bits per heavy atom. The lowest BCUT2D eigenvalue weighted by atomic mass is 10.2. The van der Waals surface area contributed by atoms with Crippen molar-refractivity contribution in [2.75, 3.05) is 25.0 Å². The number of carbonyl (C=O) groups is 3. The van der Waals surface area contributed by atoms with Crippen molar-refractivity contribution in [3.8, 4) is 5.75 Å². The topological polar surface area (TPSA) is 137 Å². The van der Waals surface area contributed by atoms with Gasteiger partial charge in [0, 0.05) is 18.8 Å². The Balaban J connectivity index is 2.19. The van der Waals surface area contributed by atoms with Crippen molar-refractivity contribution in [3.05, 3.63) is 72.4 Å². The molecule has 0 bridgehead atoms. The van der Waals surface area contributed by atoms with Gasteiger partial charge in [0.25, 0.3) is 0 Å². The smallest absolute Gasteiger partial charge is 0.339 e. The molecular weight excluding hydrogens is 486 g/mol. The first kappa shape index (κ1) is 32.2. The molecule has 9 nitrogen and oxygen atoms in total. The molecule has 0 radical (unpaired) electrons. The zero-order valence-corrected chi connectivity index (χ0v) is 22.3. The third-order valence-electron chi connectivity index (χ3n) is 5.18. The van der Waals surface area contributed by atoms with Gasteiger partial charge in [-0.05, 0) is 56.7 Å². The molecule has 0 fully saturated rings. The maximum Gasteiger partial charge on any atom is 0.339 e. The van der Waals surface area contributed by atoms with E-state index >= 15 is 0 Å². The minimum Gasteiger partial charge on any atom is -0.507 e. The van der Waals surface area contributed by atoms with Crippen molar-refractivity contribution in [1.29, 1.82) is 0 Å². The van der Waals surface area contributed by atoms with Gasteiger partial charge in [0.1, 0.15) is 17.4 Å². The average molecular weight is 528 g/mol. The number of nitrogens with one attached hydrogen (secondary N) is 3. The van der Waals surface area contributed by atoms with Crippen LogP contribution in [0.5, 0.6) is 5.75 Å². The predicted molar refractivity (Wildman–Crippen MR) is 150 cm³/mol. The van der Waals surface area contributed by atoms with Crippen LogP contribution in [0.25, 0.3) is 0 Å². The number of carboxylic acids is 1. The number of anilines is 1. The largest absolute Gasteiger partial charge is 0.507 e. The van der Waals surface area contributed by atoms with Crippen LogP contribution in [-0.4, -0.2) is 53.9 Å². The molecule has 3 amide bonds. The SMILES string of the molecule is CCC=CCC=CCC=CCC=CCCOC(CC)C(=O)NCCNC(=O)Nc1ccc(O)c(C(=O)O)c1. The van der Waals surface area contributed by atoms with E-state index in [9.17, 15) is 19.5 Å². The number of carboxylic acid groups (broad SMARTS) is 1. The molecule has 0 heterocycles. The minimum atomic E-state index is -1.31. The van der Waals surface area contributed by atoms with Crippen molar-refractivity contribution in [1.82, 2.24) is 10.6 Å². The zero-order valence-electron chi connectivity index (χ0n) is 22.3. The number of carbonyl (C=O) groups excluding carboxylic acids is 2. The van der Waals surface area contributed by atoms with E-state index in [1.807, 2.05) is 13.0 Å². The zero-order chi connectivity index (χ0) is 28.0. The van der Waals surface area contributed by atoms with E-state index in [0.29, 0.717) is 19.4 Å². The fourth-order valence-corrected chi connectivity index (χ4v) is 3.19. The number of benzene rings is 1. The van der Waals surface area contributed by atoms with Gasteiger partial charge in [0.15, 0.2) is 0 Å². The number of hydrogen-bond donors (Lipinski definition) is 5. The van der Waals surface area contributed by atoms with Crippen molar-refractivity contribution >= 4 is 23.6 Å². The van der Waals surface area contributed by atoms with Crippen LogP contribution in [-0.2, 0) is 9.53 Å². The second-order valence-electron chi connectivity index (χ2n) is 8.27. The van der Waals surface area contributed by atoms with E-state index in [1.165, 1.54) is 12.1 Å². The molecule has 1 aromatic rings. The van der Waals surface area contributed by atoms with Crippen molar-refractivity contribution in [2.24, 2.45) is 0 Å². The third-order valence-corrected chi connectivity index (χ3v) is 5.18. The first-order valence-electron chi connectivity index (χ1n) is 13.0. The molecule has 0 aromatic heterocycles. The van der Waals surface area contributed by atoms with E-state index in [2.05, 4.69) is 65.4 Å². The Bertz CT molecular complexity index is 985. The summed E-state index contributed by atoms with van der Waals surface area (Å²) < 4.78 is 5.69. The molecule has 0 saturated heterocycles. The van der Waals surface area contributed by atoms with E-state index in [0.717, 1.165) is 31.7 Å². The summed E-state index contributed by atoms with van der Waals surface area (Å²) in [4.78, 5) is 35.4. The lowest BCUT2D eigenvalue weighted by Crippen LogP contribution is -2.41. The highest BCUT2D eigenvalue weighted by Crippen LogP contribution is 2.21. The maximum absolute atomic E-state index is 12.3. The Kier molecular flexibility index (Phi) is 17.1. The first-order chi connectivity index (χ1) is 18.4. The lowest BCUT2D eigenvalue weighted by Gasteiger charge is -2.16. The molecule has 0 aliphatic heterocycles. The number of ether oxygens (including phenoxy) is 1. The summed E-state index contributed by atoms with van der Waals surface area (Å²) >= 11 is 0. The highest BCUT2D eigenvalue weighted by atomic mass is 16.5. The fraction of sp³-hybridized carbons (Fsp3) is 0.414. The molecular formula is C29H41N3O6. The van der Waals surface area contributed by atoms with Gasteiger partial charge in [-0.25, -0.2) is 9.59 Å². The quantitative estimate of drug-likeness (QED) is 0.0996. The van der Waals surface area contributed by atoms with Gasteiger partial charge in [-0.3, -0.25) is 4.79 Å². The van der Waals surface area contributed by atoms with Crippen molar-refractivity contribution in [2.45, 2.75) is 58.5 Å². The van der Waals surface area contributed by atoms with E-state index < -0.39 is 23.9 Å². The van der Waals surface area contributed by atoms with Crippen LogP contribution in [0.2, 0.25) is 0 Å². The Morgan fingerprint density at radius 1 is 0.895 bits per heavy atom. The standard InChI is InChI=1S/C29H41N3O6/c1-3-5-6-7-8-9-10-11-12-13-14-15-16-21-38-26(4-2)27(34)30-19-20-31-29(37)32-23-17-18-25(33)24(22-23)28(35)36/h5-6,8-9,11-12,14-15,17-18,22,26,33H,3-4,7,10,13,16,19-21H2,1-2H3,(H,30,34)(H,35,36)(H2,31,32,37). The predicted octanol–water partition coefficient (Wildman–Crippen LogP) is 5.32. The third kappa shape index (κ3) is 14.6. The Labute approximate surface area is 225 Å².